The minimum Gasteiger partial charge on any atom is -0.395 e. The third-order valence-corrected chi connectivity index (χ3v) is 8.18. The molecule has 43 heavy (non-hydrogen) atoms. The predicted octanol–water partition coefficient (Wildman–Crippen LogP) is 6.12. The maximum absolute atomic E-state index is 14.1. The molecule has 1 fully saturated rings. The molecular formula is C32H33BrF3N5O2. The fourth-order valence-corrected chi connectivity index (χ4v) is 5.84. The lowest BCUT2D eigenvalue weighted by molar-refractivity contribution is -0.137. The van der Waals surface area contributed by atoms with E-state index in [1.807, 2.05) is 37.3 Å². The summed E-state index contributed by atoms with van der Waals surface area (Å²) in [7, 11) is 0. The smallest absolute Gasteiger partial charge is 0.395 e. The number of hydrogen-bond acceptors (Lipinski definition) is 6. The molecule has 2 aromatic carbocycles. The zero-order valence-corrected chi connectivity index (χ0v) is 25.3. The summed E-state index contributed by atoms with van der Waals surface area (Å²) in [6.07, 6.45) is -1.28. The number of fused-ring (bicyclic) bond motifs is 1. The first-order valence-electron chi connectivity index (χ1n) is 14.2. The third kappa shape index (κ3) is 7.41. The number of nitrogens with zero attached hydrogens (tertiary/aromatic N) is 3. The number of carbonyl (C=O) groups is 1. The molecule has 1 unspecified atom stereocenters. The Morgan fingerprint density at radius 3 is 2.56 bits per heavy atom. The van der Waals surface area contributed by atoms with Crippen LogP contribution in [0.4, 0.5) is 13.2 Å². The molecular weight excluding hydrogens is 623 g/mol. The Morgan fingerprint density at radius 1 is 1.12 bits per heavy atom. The molecule has 4 aromatic rings. The number of nitrogens with one attached hydrogen (secondary N) is 2. The molecule has 3 N–H and O–H groups in total. The van der Waals surface area contributed by atoms with Gasteiger partial charge in [0.25, 0.3) is 5.91 Å². The number of amides is 1. The van der Waals surface area contributed by atoms with Gasteiger partial charge in [0.15, 0.2) is 0 Å². The van der Waals surface area contributed by atoms with E-state index in [2.05, 4.69) is 36.4 Å². The lowest BCUT2D eigenvalue weighted by atomic mass is 9.95. The van der Waals surface area contributed by atoms with Crippen LogP contribution in [0.1, 0.15) is 52.9 Å². The van der Waals surface area contributed by atoms with Gasteiger partial charge in [0.2, 0.25) is 0 Å². The quantitative estimate of drug-likeness (QED) is 0.201. The molecule has 0 saturated carbocycles. The van der Waals surface area contributed by atoms with E-state index in [-0.39, 0.29) is 30.2 Å². The topological polar surface area (TPSA) is 90.4 Å². The number of alkyl halides is 3. The first kappa shape index (κ1) is 31.1. The number of benzene rings is 2. The van der Waals surface area contributed by atoms with Crippen molar-refractivity contribution in [2.75, 3.05) is 26.2 Å². The second-order valence-corrected chi connectivity index (χ2v) is 11.7. The van der Waals surface area contributed by atoms with Gasteiger partial charge in [0.1, 0.15) is 5.52 Å². The van der Waals surface area contributed by atoms with Crippen LogP contribution >= 0.6 is 15.9 Å². The lowest BCUT2D eigenvalue weighted by Gasteiger charge is -2.33. The highest BCUT2D eigenvalue weighted by Crippen LogP contribution is 2.36. The Morgan fingerprint density at radius 2 is 1.86 bits per heavy atom. The highest BCUT2D eigenvalue weighted by atomic mass is 79.9. The standard InChI is InChI=1S/C32H33BrF3N5O2/c1-20(21-6-3-2-4-7-21)39-31(43)28-26(19-41-13-10-25(11-14-41)37-12-15-42)29(40-27-17-24(33)18-38-30(27)28)22-8-5-9-23(16-22)32(34,35)36/h2-9,16-18,20,25,37,42H,10-15,19H2,1H3,(H,39,43). The number of carbonyl (C=O) groups excluding carboxylic acids is 1. The van der Waals surface area contributed by atoms with Crippen LogP contribution < -0.4 is 10.6 Å². The molecule has 3 heterocycles. The van der Waals surface area contributed by atoms with Gasteiger partial charge < -0.3 is 15.7 Å². The molecule has 0 bridgehead atoms. The zero-order chi connectivity index (χ0) is 30.6. The van der Waals surface area contributed by atoms with Gasteiger partial charge in [-0.05, 0) is 72.5 Å². The molecule has 1 aliphatic heterocycles. The summed E-state index contributed by atoms with van der Waals surface area (Å²) in [5.41, 5.74) is 2.33. The molecule has 7 nitrogen and oxygen atoms in total. The van der Waals surface area contributed by atoms with E-state index in [4.69, 9.17) is 4.98 Å². The normalized spacial score (nSPS) is 15.5. The van der Waals surface area contributed by atoms with E-state index in [0.29, 0.717) is 58.5 Å². The summed E-state index contributed by atoms with van der Waals surface area (Å²) in [5.74, 6) is -0.374. The van der Waals surface area contributed by atoms with Gasteiger partial charge in [0, 0.05) is 40.9 Å². The monoisotopic (exact) mass is 655 g/mol. The second kappa shape index (κ2) is 13.5. The van der Waals surface area contributed by atoms with Crippen molar-refractivity contribution in [1.29, 1.82) is 0 Å². The predicted molar refractivity (Wildman–Crippen MR) is 163 cm³/mol. The van der Waals surface area contributed by atoms with E-state index in [9.17, 15) is 23.1 Å². The molecule has 0 radical (unpaired) electrons. The van der Waals surface area contributed by atoms with Crippen LogP contribution in [-0.2, 0) is 12.7 Å². The Hall–Kier alpha value is -3.38. The molecule has 11 heteroatoms. The van der Waals surface area contributed by atoms with E-state index in [1.165, 1.54) is 6.07 Å². The minimum atomic E-state index is -4.54. The average Bonchev–Trinajstić information content (AvgIpc) is 3.00. The van der Waals surface area contributed by atoms with Crippen LogP contribution in [0.3, 0.4) is 0 Å². The number of likely N-dealkylation sites (tertiary alicyclic amines) is 1. The zero-order valence-electron chi connectivity index (χ0n) is 23.7. The lowest BCUT2D eigenvalue weighted by Crippen LogP contribution is -2.43. The Balaban J connectivity index is 1.63. The van der Waals surface area contributed by atoms with E-state index in [1.54, 1.807) is 18.3 Å². The molecule has 2 aromatic heterocycles. The third-order valence-electron chi connectivity index (χ3n) is 7.74. The first-order valence-corrected chi connectivity index (χ1v) is 15.0. The molecule has 1 amide bonds. The summed E-state index contributed by atoms with van der Waals surface area (Å²) in [6.45, 7) is 4.19. The summed E-state index contributed by atoms with van der Waals surface area (Å²) >= 11 is 3.42. The van der Waals surface area contributed by atoms with Crippen LogP contribution in [0.15, 0.2) is 71.3 Å². The van der Waals surface area contributed by atoms with Crippen LogP contribution in [0.2, 0.25) is 0 Å². The molecule has 1 aliphatic rings. The van der Waals surface area contributed by atoms with E-state index >= 15 is 0 Å². The Labute approximate surface area is 256 Å². The maximum Gasteiger partial charge on any atom is 0.416 e. The highest BCUT2D eigenvalue weighted by molar-refractivity contribution is 9.10. The average molecular weight is 657 g/mol. The van der Waals surface area contributed by atoms with Gasteiger partial charge in [0.05, 0.1) is 35.0 Å². The molecule has 1 atom stereocenters. The molecule has 0 spiro atoms. The fourth-order valence-electron chi connectivity index (χ4n) is 5.52. The van der Waals surface area contributed by atoms with Crippen LogP contribution in [0.5, 0.6) is 0 Å². The summed E-state index contributed by atoms with van der Waals surface area (Å²) < 4.78 is 41.9. The molecule has 0 aliphatic carbocycles. The van der Waals surface area contributed by atoms with Gasteiger partial charge in [-0.3, -0.25) is 14.7 Å². The SMILES string of the molecule is CC(NC(=O)c1c(CN2CCC(NCCO)CC2)c(-c2cccc(C(F)(F)F)c2)nc2cc(Br)cnc12)c1ccccc1. The minimum absolute atomic E-state index is 0.0618. The van der Waals surface area contributed by atoms with E-state index in [0.717, 1.165) is 30.5 Å². The first-order chi connectivity index (χ1) is 20.6. The highest BCUT2D eigenvalue weighted by Gasteiger charge is 2.32. The number of aromatic nitrogens is 2. The van der Waals surface area contributed by atoms with Crippen LogP contribution in [0, 0.1) is 0 Å². The van der Waals surface area contributed by atoms with Crippen molar-refractivity contribution in [3.05, 3.63) is 93.6 Å². The molecule has 5 rings (SSSR count). The van der Waals surface area contributed by atoms with Crippen molar-refractivity contribution in [1.82, 2.24) is 25.5 Å². The number of pyridine rings is 2. The van der Waals surface area contributed by atoms with Gasteiger partial charge in [-0.25, -0.2) is 4.98 Å². The van der Waals surface area contributed by atoms with Crippen molar-refractivity contribution in [3.63, 3.8) is 0 Å². The van der Waals surface area contributed by atoms with Gasteiger partial charge in [-0.2, -0.15) is 13.2 Å². The summed E-state index contributed by atoms with van der Waals surface area (Å²) in [5, 5.41) is 15.6. The fraction of sp³-hybridized carbons (Fsp3) is 0.344. The molecule has 1 saturated heterocycles. The number of aliphatic hydroxyl groups is 1. The maximum atomic E-state index is 14.1. The largest absolute Gasteiger partial charge is 0.416 e. The number of aliphatic hydroxyl groups excluding tert-OH is 1. The van der Waals surface area contributed by atoms with Gasteiger partial charge in [-0.1, -0.05) is 42.5 Å². The van der Waals surface area contributed by atoms with Crippen molar-refractivity contribution in [3.8, 4) is 11.3 Å². The van der Waals surface area contributed by atoms with Crippen molar-refractivity contribution < 1.29 is 23.1 Å². The summed E-state index contributed by atoms with van der Waals surface area (Å²) in [4.78, 5) is 25.7. The molecule has 226 valence electrons. The van der Waals surface area contributed by atoms with E-state index < -0.39 is 11.7 Å². The van der Waals surface area contributed by atoms with Crippen LogP contribution in [0.25, 0.3) is 22.3 Å². The number of hydrogen-bond donors (Lipinski definition) is 3. The number of rotatable bonds is 9. The second-order valence-electron chi connectivity index (χ2n) is 10.7. The van der Waals surface area contributed by atoms with Crippen molar-refractivity contribution in [2.24, 2.45) is 0 Å². The Bertz CT molecular complexity index is 1580. The van der Waals surface area contributed by atoms with Gasteiger partial charge >= 0.3 is 6.18 Å². The van der Waals surface area contributed by atoms with Crippen LogP contribution in [-0.4, -0.2) is 58.2 Å². The number of piperidine rings is 1. The van der Waals surface area contributed by atoms with Gasteiger partial charge in [-0.15, -0.1) is 0 Å². The van der Waals surface area contributed by atoms with Crippen molar-refractivity contribution in [2.45, 2.75) is 44.6 Å². The number of halogens is 4. The summed E-state index contributed by atoms with van der Waals surface area (Å²) in [6, 6.07) is 16.3. The Kier molecular flexibility index (Phi) is 9.75. The van der Waals surface area contributed by atoms with Crippen molar-refractivity contribution >= 4 is 32.9 Å².